The third-order valence-corrected chi connectivity index (χ3v) is 5.30. The number of hydrogen-bond acceptors (Lipinski definition) is 2. The van der Waals surface area contributed by atoms with E-state index >= 15 is 0 Å². The predicted molar refractivity (Wildman–Crippen MR) is 104 cm³/mol. The molecule has 3 aromatic rings. The fourth-order valence-electron chi connectivity index (χ4n) is 3.85. The molecule has 0 aliphatic carbocycles. The summed E-state index contributed by atoms with van der Waals surface area (Å²) in [6.45, 7) is 5.17. The molecule has 0 saturated carbocycles. The van der Waals surface area contributed by atoms with Crippen LogP contribution in [0, 0.1) is 5.82 Å². The Morgan fingerprint density at radius 2 is 1.62 bits per heavy atom. The largest absolute Gasteiger partial charge is 0.496 e. The van der Waals surface area contributed by atoms with Crippen molar-refractivity contribution in [2.45, 2.75) is 6.54 Å². The summed E-state index contributed by atoms with van der Waals surface area (Å²) in [5.74, 6) is 0.755. The van der Waals surface area contributed by atoms with E-state index in [2.05, 4.69) is 41.3 Å². The first-order chi connectivity index (χ1) is 12.7. The monoisotopic (exact) mass is 351 g/mol. The zero-order chi connectivity index (χ0) is 17.9. The van der Waals surface area contributed by atoms with Crippen molar-refractivity contribution < 1.29 is 14.0 Å². The summed E-state index contributed by atoms with van der Waals surface area (Å²) in [5.41, 5.74) is 2.48. The van der Waals surface area contributed by atoms with Crippen molar-refractivity contribution in [2.75, 3.05) is 38.2 Å². The summed E-state index contributed by atoms with van der Waals surface area (Å²) in [6, 6.07) is 19.5. The van der Waals surface area contributed by atoms with Crippen molar-refractivity contribution in [1.82, 2.24) is 0 Å². The fourth-order valence-corrected chi connectivity index (χ4v) is 3.85. The molecule has 4 heteroatoms. The molecule has 0 unspecified atom stereocenters. The predicted octanol–water partition coefficient (Wildman–Crippen LogP) is 2.89. The minimum Gasteiger partial charge on any atom is -0.496 e. The normalized spacial score (nSPS) is 15.4. The van der Waals surface area contributed by atoms with Gasteiger partial charge in [0.05, 0.1) is 33.3 Å². The number of nitrogens with one attached hydrogen (secondary N) is 1. The van der Waals surface area contributed by atoms with E-state index in [1.165, 1.54) is 28.5 Å². The number of ether oxygens (including phenoxy) is 1. The van der Waals surface area contributed by atoms with E-state index in [4.69, 9.17) is 4.74 Å². The van der Waals surface area contributed by atoms with Gasteiger partial charge in [-0.05, 0) is 41.8 Å². The second-order valence-corrected chi connectivity index (χ2v) is 6.86. The molecule has 26 heavy (non-hydrogen) atoms. The number of quaternary nitrogens is 1. The molecule has 1 heterocycles. The van der Waals surface area contributed by atoms with Crippen LogP contribution in [0.3, 0.4) is 0 Å². The van der Waals surface area contributed by atoms with Gasteiger partial charge in [-0.3, -0.25) is 0 Å². The maximum Gasteiger partial charge on any atom is 0.126 e. The van der Waals surface area contributed by atoms with Crippen LogP contribution in [-0.4, -0.2) is 33.3 Å². The fraction of sp³-hybridized carbons (Fsp3) is 0.273. The lowest BCUT2D eigenvalue weighted by atomic mass is 10.0. The minimum atomic E-state index is -0.176. The van der Waals surface area contributed by atoms with Crippen molar-refractivity contribution in [2.24, 2.45) is 0 Å². The first-order valence-electron chi connectivity index (χ1n) is 9.13. The molecule has 1 aliphatic rings. The van der Waals surface area contributed by atoms with Crippen LogP contribution >= 0.6 is 0 Å². The van der Waals surface area contributed by atoms with Crippen LogP contribution in [-0.2, 0) is 6.54 Å². The van der Waals surface area contributed by atoms with E-state index in [0.717, 1.165) is 44.2 Å². The van der Waals surface area contributed by atoms with E-state index in [1.54, 1.807) is 12.0 Å². The highest BCUT2D eigenvalue weighted by atomic mass is 19.1. The molecule has 3 nitrogen and oxygen atoms in total. The highest BCUT2D eigenvalue weighted by Crippen LogP contribution is 2.28. The molecule has 0 bridgehead atoms. The highest BCUT2D eigenvalue weighted by molar-refractivity contribution is 5.90. The van der Waals surface area contributed by atoms with Gasteiger partial charge in [0.1, 0.15) is 18.1 Å². The molecule has 0 amide bonds. The minimum absolute atomic E-state index is 0.176. The van der Waals surface area contributed by atoms with Gasteiger partial charge in [-0.2, -0.15) is 0 Å². The maximum absolute atomic E-state index is 13.1. The van der Waals surface area contributed by atoms with Crippen molar-refractivity contribution in [3.63, 3.8) is 0 Å². The van der Waals surface area contributed by atoms with Gasteiger partial charge in [0, 0.05) is 16.6 Å². The molecule has 134 valence electrons. The van der Waals surface area contributed by atoms with E-state index < -0.39 is 0 Å². The lowest BCUT2D eigenvalue weighted by Gasteiger charge is -2.34. The Bertz CT molecular complexity index is 886. The lowest BCUT2D eigenvalue weighted by Crippen LogP contribution is -3.13. The summed E-state index contributed by atoms with van der Waals surface area (Å²) >= 11 is 0. The van der Waals surface area contributed by atoms with Crippen molar-refractivity contribution >= 4 is 16.5 Å². The van der Waals surface area contributed by atoms with Gasteiger partial charge in [-0.15, -0.1) is 0 Å². The highest BCUT2D eigenvalue weighted by Gasteiger charge is 2.21. The van der Waals surface area contributed by atoms with Crippen LogP contribution in [0.15, 0.2) is 60.7 Å². The molecule has 1 fully saturated rings. The van der Waals surface area contributed by atoms with Crippen LogP contribution in [0.5, 0.6) is 5.75 Å². The maximum atomic E-state index is 13.1. The molecular formula is C22H24FN2O+. The Kier molecular flexibility index (Phi) is 4.76. The summed E-state index contributed by atoms with van der Waals surface area (Å²) in [6.07, 6.45) is 0. The summed E-state index contributed by atoms with van der Waals surface area (Å²) < 4.78 is 18.6. The number of anilines is 1. The molecule has 1 aliphatic heterocycles. The first kappa shape index (κ1) is 16.9. The second kappa shape index (κ2) is 7.34. The van der Waals surface area contributed by atoms with Gasteiger partial charge in [0.15, 0.2) is 0 Å². The van der Waals surface area contributed by atoms with Crippen LogP contribution in [0.4, 0.5) is 10.1 Å². The number of piperazine rings is 1. The Morgan fingerprint density at radius 1 is 0.923 bits per heavy atom. The summed E-state index contributed by atoms with van der Waals surface area (Å²) in [5, 5.41) is 2.46. The SMILES string of the molecule is COc1ccc(C[NH+]2CCN(c3ccc(F)cc3)CC2)c2ccccc12. The zero-order valence-electron chi connectivity index (χ0n) is 15.0. The Morgan fingerprint density at radius 3 is 2.31 bits per heavy atom. The van der Waals surface area contributed by atoms with Crippen LogP contribution in [0.1, 0.15) is 5.56 Å². The Hall–Kier alpha value is -2.59. The molecule has 0 radical (unpaired) electrons. The van der Waals surface area contributed by atoms with Crippen molar-refractivity contribution in [3.8, 4) is 5.75 Å². The Labute approximate surface area is 153 Å². The molecule has 0 aromatic heterocycles. The second-order valence-electron chi connectivity index (χ2n) is 6.86. The van der Waals surface area contributed by atoms with Gasteiger partial charge in [-0.1, -0.05) is 24.3 Å². The quantitative estimate of drug-likeness (QED) is 0.778. The first-order valence-corrected chi connectivity index (χ1v) is 9.13. The molecule has 1 saturated heterocycles. The topological polar surface area (TPSA) is 16.9 Å². The smallest absolute Gasteiger partial charge is 0.126 e. The number of fused-ring (bicyclic) bond motifs is 1. The van der Waals surface area contributed by atoms with Gasteiger partial charge in [0.2, 0.25) is 0 Å². The van der Waals surface area contributed by atoms with Crippen LogP contribution in [0.25, 0.3) is 10.8 Å². The molecule has 0 spiro atoms. The number of methoxy groups -OCH3 is 1. The number of benzene rings is 3. The number of hydrogen-bond donors (Lipinski definition) is 1. The molecule has 4 rings (SSSR count). The number of halogens is 1. The van der Waals surface area contributed by atoms with Gasteiger partial charge >= 0.3 is 0 Å². The molecule has 3 aromatic carbocycles. The van der Waals surface area contributed by atoms with Crippen molar-refractivity contribution in [3.05, 3.63) is 72.0 Å². The lowest BCUT2D eigenvalue weighted by molar-refractivity contribution is -0.914. The summed E-state index contributed by atoms with van der Waals surface area (Å²) in [4.78, 5) is 3.92. The average molecular weight is 351 g/mol. The van der Waals surface area contributed by atoms with Gasteiger partial charge in [-0.25, -0.2) is 4.39 Å². The van der Waals surface area contributed by atoms with E-state index in [1.807, 2.05) is 12.1 Å². The third-order valence-electron chi connectivity index (χ3n) is 5.30. The average Bonchev–Trinajstić information content (AvgIpc) is 2.69. The molecule has 1 N–H and O–H groups in total. The third kappa shape index (κ3) is 3.37. The Balaban J connectivity index is 1.46. The number of rotatable bonds is 4. The van der Waals surface area contributed by atoms with E-state index in [0.29, 0.717) is 0 Å². The van der Waals surface area contributed by atoms with Crippen LogP contribution < -0.4 is 14.5 Å². The van der Waals surface area contributed by atoms with Gasteiger partial charge < -0.3 is 14.5 Å². The molecule has 0 atom stereocenters. The standard InChI is InChI=1S/C22H23FN2O/c1-26-22-11-6-17(20-4-2-3-5-21(20)22)16-24-12-14-25(15-13-24)19-9-7-18(23)8-10-19/h2-11H,12-16H2,1H3/p+1. The molecular weight excluding hydrogens is 327 g/mol. The number of nitrogens with zero attached hydrogens (tertiary/aromatic N) is 1. The van der Waals surface area contributed by atoms with E-state index in [9.17, 15) is 4.39 Å². The van der Waals surface area contributed by atoms with Crippen molar-refractivity contribution in [1.29, 1.82) is 0 Å². The van der Waals surface area contributed by atoms with E-state index in [-0.39, 0.29) is 5.82 Å². The van der Waals surface area contributed by atoms with Crippen LogP contribution in [0.2, 0.25) is 0 Å². The zero-order valence-corrected chi connectivity index (χ0v) is 15.0. The summed E-state index contributed by atoms with van der Waals surface area (Å²) in [7, 11) is 1.72. The van der Waals surface area contributed by atoms with Gasteiger partial charge in [0.25, 0.3) is 0 Å².